The predicted octanol–water partition coefficient (Wildman–Crippen LogP) is 0.276. The summed E-state index contributed by atoms with van der Waals surface area (Å²) in [7, 11) is -2.16. The standard InChI is InChI=1S/C15H19N5O3S.ClH/c1-19-10-12(7-13(19)15(16)21)24(22,23)20-6-5-18-9-14(20)11-3-2-4-17-8-11;/h2-4,7-8,10,14,18H,5-6,9H2,1H3,(H2,16,21);1H. The number of aryl methyl sites for hydroxylation is 1. The van der Waals surface area contributed by atoms with Gasteiger partial charge in [-0.1, -0.05) is 6.07 Å². The highest BCUT2D eigenvalue weighted by molar-refractivity contribution is 7.89. The van der Waals surface area contributed by atoms with E-state index in [1.165, 1.54) is 21.1 Å². The van der Waals surface area contributed by atoms with E-state index >= 15 is 0 Å². The molecule has 10 heteroatoms. The molecule has 0 aromatic carbocycles. The van der Waals surface area contributed by atoms with Crippen LogP contribution in [0.1, 0.15) is 22.1 Å². The second-order valence-electron chi connectivity index (χ2n) is 5.66. The molecule has 3 N–H and O–H groups in total. The highest BCUT2D eigenvalue weighted by Gasteiger charge is 2.35. The second-order valence-corrected chi connectivity index (χ2v) is 7.55. The van der Waals surface area contributed by atoms with Crippen molar-refractivity contribution in [2.75, 3.05) is 19.6 Å². The number of carbonyl (C=O) groups excluding carboxylic acids is 1. The summed E-state index contributed by atoms with van der Waals surface area (Å²) in [6.45, 7) is 1.40. The van der Waals surface area contributed by atoms with Crippen LogP contribution >= 0.6 is 12.4 Å². The summed E-state index contributed by atoms with van der Waals surface area (Å²) in [4.78, 5) is 15.5. The van der Waals surface area contributed by atoms with Crippen molar-refractivity contribution in [1.82, 2.24) is 19.2 Å². The van der Waals surface area contributed by atoms with Crippen molar-refractivity contribution in [2.24, 2.45) is 12.8 Å². The van der Waals surface area contributed by atoms with Gasteiger partial charge in [-0.2, -0.15) is 4.31 Å². The molecule has 0 bridgehead atoms. The van der Waals surface area contributed by atoms with E-state index in [0.29, 0.717) is 19.6 Å². The van der Waals surface area contributed by atoms with Crippen LogP contribution in [-0.2, 0) is 17.1 Å². The van der Waals surface area contributed by atoms with Crippen LogP contribution in [0.2, 0.25) is 0 Å². The highest BCUT2D eigenvalue weighted by atomic mass is 35.5. The summed E-state index contributed by atoms with van der Waals surface area (Å²) in [5.74, 6) is -0.664. The monoisotopic (exact) mass is 385 g/mol. The molecule has 2 aromatic heterocycles. The SMILES string of the molecule is Cl.Cn1cc(S(=O)(=O)N2CCNCC2c2cccnc2)cc1C(N)=O. The molecular formula is C15H20ClN5O3S. The van der Waals surface area contributed by atoms with Gasteiger partial charge in [-0.05, 0) is 17.7 Å². The van der Waals surface area contributed by atoms with Gasteiger partial charge in [0.15, 0.2) is 0 Å². The lowest BCUT2D eigenvalue weighted by molar-refractivity contribution is 0.0992. The van der Waals surface area contributed by atoms with E-state index in [9.17, 15) is 13.2 Å². The van der Waals surface area contributed by atoms with Crippen molar-refractivity contribution in [3.8, 4) is 0 Å². The lowest BCUT2D eigenvalue weighted by atomic mass is 10.1. The average Bonchev–Trinajstić information content (AvgIpc) is 2.98. The fourth-order valence-corrected chi connectivity index (χ4v) is 4.57. The fourth-order valence-electron chi connectivity index (χ4n) is 2.89. The number of hydrogen-bond acceptors (Lipinski definition) is 5. The van der Waals surface area contributed by atoms with Gasteiger partial charge in [0, 0.05) is 45.3 Å². The van der Waals surface area contributed by atoms with Gasteiger partial charge < -0.3 is 15.6 Å². The molecule has 1 aliphatic heterocycles. The number of nitrogens with zero attached hydrogens (tertiary/aromatic N) is 3. The van der Waals surface area contributed by atoms with Crippen LogP contribution in [0.5, 0.6) is 0 Å². The lowest BCUT2D eigenvalue weighted by Gasteiger charge is -2.35. The van der Waals surface area contributed by atoms with Gasteiger partial charge in [0.25, 0.3) is 5.91 Å². The lowest BCUT2D eigenvalue weighted by Crippen LogP contribution is -2.48. The van der Waals surface area contributed by atoms with Crippen molar-refractivity contribution in [3.05, 3.63) is 48.0 Å². The Morgan fingerprint density at radius 1 is 1.44 bits per heavy atom. The topological polar surface area (TPSA) is 110 Å². The van der Waals surface area contributed by atoms with Crippen molar-refractivity contribution in [1.29, 1.82) is 0 Å². The first kappa shape index (κ1) is 19.4. The maximum Gasteiger partial charge on any atom is 0.265 e. The molecular weight excluding hydrogens is 366 g/mol. The number of carbonyl (C=O) groups is 1. The van der Waals surface area contributed by atoms with Gasteiger partial charge >= 0.3 is 0 Å². The van der Waals surface area contributed by atoms with Crippen LogP contribution in [0, 0.1) is 0 Å². The predicted molar refractivity (Wildman–Crippen MR) is 94.9 cm³/mol. The molecule has 1 unspecified atom stereocenters. The van der Waals surface area contributed by atoms with Crippen LogP contribution in [0.4, 0.5) is 0 Å². The van der Waals surface area contributed by atoms with E-state index in [1.54, 1.807) is 25.5 Å². The second kappa shape index (κ2) is 7.52. The minimum atomic E-state index is -3.76. The third-order valence-corrected chi connectivity index (χ3v) is 5.98. The van der Waals surface area contributed by atoms with Crippen LogP contribution in [0.15, 0.2) is 41.7 Å². The van der Waals surface area contributed by atoms with Crippen molar-refractivity contribution in [2.45, 2.75) is 10.9 Å². The van der Waals surface area contributed by atoms with E-state index in [4.69, 9.17) is 5.73 Å². The molecule has 136 valence electrons. The van der Waals surface area contributed by atoms with Crippen molar-refractivity contribution in [3.63, 3.8) is 0 Å². The van der Waals surface area contributed by atoms with Crippen LogP contribution < -0.4 is 11.1 Å². The first-order valence-electron chi connectivity index (χ1n) is 7.50. The number of amides is 1. The fraction of sp³-hybridized carbons (Fsp3) is 0.333. The zero-order valence-corrected chi connectivity index (χ0v) is 15.3. The van der Waals surface area contributed by atoms with Gasteiger partial charge in [-0.3, -0.25) is 9.78 Å². The van der Waals surface area contributed by atoms with Gasteiger partial charge in [-0.25, -0.2) is 8.42 Å². The van der Waals surface area contributed by atoms with Crippen molar-refractivity contribution >= 4 is 28.3 Å². The zero-order chi connectivity index (χ0) is 17.3. The maximum absolute atomic E-state index is 13.1. The first-order chi connectivity index (χ1) is 11.4. The Bertz CT molecular complexity index is 853. The smallest absolute Gasteiger partial charge is 0.265 e. The number of nitrogens with two attached hydrogens (primary N) is 1. The molecule has 3 heterocycles. The Balaban J connectivity index is 0.00000225. The van der Waals surface area contributed by atoms with Gasteiger partial charge in [0.1, 0.15) is 10.6 Å². The minimum absolute atomic E-state index is 0. The number of rotatable bonds is 4. The summed E-state index contributed by atoms with van der Waals surface area (Å²) in [5, 5.41) is 3.21. The van der Waals surface area contributed by atoms with E-state index in [2.05, 4.69) is 10.3 Å². The Morgan fingerprint density at radius 3 is 2.80 bits per heavy atom. The van der Waals surface area contributed by atoms with Gasteiger partial charge in [-0.15, -0.1) is 12.4 Å². The Hall–Kier alpha value is -1.94. The molecule has 8 nitrogen and oxygen atoms in total. The molecule has 1 aliphatic rings. The average molecular weight is 386 g/mol. The molecule has 1 fully saturated rings. The normalized spacial score (nSPS) is 18.5. The molecule has 25 heavy (non-hydrogen) atoms. The molecule has 1 saturated heterocycles. The highest BCUT2D eigenvalue weighted by Crippen LogP contribution is 2.29. The molecule has 1 atom stereocenters. The number of aromatic nitrogens is 2. The molecule has 0 spiro atoms. The summed E-state index contributed by atoms with van der Waals surface area (Å²) in [6, 6.07) is 4.60. The van der Waals surface area contributed by atoms with Gasteiger partial charge in [0.05, 0.1) is 6.04 Å². The van der Waals surface area contributed by atoms with Gasteiger partial charge in [0.2, 0.25) is 10.0 Å². The number of primary amides is 1. The molecule has 0 aliphatic carbocycles. The number of halogens is 1. The minimum Gasteiger partial charge on any atom is -0.364 e. The Kier molecular flexibility index (Phi) is 5.83. The Labute approximate surface area is 152 Å². The summed E-state index contributed by atoms with van der Waals surface area (Å²) in [5.41, 5.74) is 6.25. The van der Waals surface area contributed by atoms with E-state index in [0.717, 1.165) is 5.56 Å². The van der Waals surface area contributed by atoms with Crippen molar-refractivity contribution < 1.29 is 13.2 Å². The summed E-state index contributed by atoms with van der Waals surface area (Å²) >= 11 is 0. The summed E-state index contributed by atoms with van der Waals surface area (Å²) < 4.78 is 29.0. The number of pyridine rings is 1. The molecule has 2 aromatic rings. The Morgan fingerprint density at radius 2 is 2.20 bits per heavy atom. The number of hydrogen-bond donors (Lipinski definition) is 2. The summed E-state index contributed by atoms with van der Waals surface area (Å²) in [6.07, 6.45) is 4.73. The van der Waals surface area contributed by atoms with Crippen LogP contribution in [-0.4, -0.2) is 47.8 Å². The molecule has 0 radical (unpaired) electrons. The number of piperazine rings is 1. The van der Waals surface area contributed by atoms with Crippen LogP contribution in [0.25, 0.3) is 0 Å². The third kappa shape index (κ3) is 3.69. The molecule has 3 rings (SSSR count). The third-order valence-electron chi connectivity index (χ3n) is 4.10. The van der Waals surface area contributed by atoms with E-state index in [1.807, 2.05) is 6.07 Å². The van der Waals surface area contributed by atoms with Crippen LogP contribution in [0.3, 0.4) is 0 Å². The van der Waals surface area contributed by atoms with E-state index in [-0.39, 0.29) is 29.0 Å². The number of sulfonamides is 1. The first-order valence-corrected chi connectivity index (χ1v) is 8.94. The largest absolute Gasteiger partial charge is 0.364 e. The maximum atomic E-state index is 13.1. The zero-order valence-electron chi connectivity index (χ0n) is 13.6. The quantitative estimate of drug-likeness (QED) is 0.785. The number of nitrogens with one attached hydrogen (secondary N) is 1. The van der Waals surface area contributed by atoms with E-state index < -0.39 is 15.9 Å². The molecule has 1 amide bonds. The molecule has 0 saturated carbocycles.